The molecule has 23 heavy (non-hydrogen) atoms. The number of hydrogen-bond acceptors (Lipinski definition) is 4. The average molecular weight is 339 g/mol. The van der Waals surface area contributed by atoms with Crippen LogP contribution in [0.1, 0.15) is 43.7 Å². The first-order valence-electron chi connectivity index (χ1n) is 7.74. The molecule has 1 aliphatic rings. The summed E-state index contributed by atoms with van der Waals surface area (Å²) in [4.78, 5) is 0. The number of hydrazone groups is 1. The summed E-state index contributed by atoms with van der Waals surface area (Å²) in [6, 6.07) is 2.64. The number of benzene rings is 1. The number of nitrogens with one attached hydrogen (secondary N) is 2. The van der Waals surface area contributed by atoms with Crippen LogP contribution in [-0.4, -0.2) is 35.7 Å². The number of hydrogen-bond donors (Lipinski definition) is 3. The summed E-state index contributed by atoms with van der Waals surface area (Å²) in [7, 11) is 0. The second-order valence-electron chi connectivity index (χ2n) is 5.44. The highest BCUT2D eigenvalue weighted by Crippen LogP contribution is 2.39. The summed E-state index contributed by atoms with van der Waals surface area (Å²) in [6.45, 7) is 5.93. The Kier molecular flexibility index (Phi) is 6.29. The number of nitrogens with zero attached hydrogens (tertiary/aromatic N) is 1. The van der Waals surface area contributed by atoms with Crippen LogP contribution in [0, 0.1) is 5.82 Å². The zero-order valence-corrected chi connectivity index (χ0v) is 14.2. The maximum absolute atomic E-state index is 13.9. The Morgan fingerprint density at radius 1 is 1.52 bits per heavy atom. The number of aromatic hydroxyl groups is 1. The van der Waals surface area contributed by atoms with Crippen molar-refractivity contribution in [2.45, 2.75) is 32.6 Å². The Labute approximate surface area is 140 Å². The summed E-state index contributed by atoms with van der Waals surface area (Å²) < 4.78 is 19.2. The van der Waals surface area contributed by atoms with Gasteiger partial charge in [-0.3, -0.25) is 5.43 Å². The molecule has 2 rings (SSSR count). The fourth-order valence-electron chi connectivity index (χ4n) is 2.64. The lowest BCUT2D eigenvalue weighted by Crippen LogP contribution is -2.33. The van der Waals surface area contributed by atoms with E-state index < -0.39 is 0 Å². The quantitative estimate of drug-likeness (QED) is 0.422. The molecule has 1 aromatic carbocycles. The van der Waals surface area contributed by atoms with Crippen LogP contribution in [0.15, 0.2) is 17.2 Å². The molecule has 1 aliphatic carbocycles. The van der Waals surface area contributed by atoms with Gasteiger partial charge in [0.2, 0.25) is 0 Å². The SMILES string of the molecule is CCOCCCNC(=S)N/N=C1\C[C@@H](C)c2c(F)ccc(O)c21. The average Bonchev–Trinajstić information content (AvgIpc) is 2.87. The predicted molar refractivity (Wildman–Crippen MR) is 92.5 cm³/mol. The molecule has 0 saturated heterocycles. The van der Waals surface area contributed by atoms with Gasteiger partial charge in [-0.15, -0.1) is 0 Å². The summed E-state index contributed by atoms with van der Waals surface area (Å²) in [5.74, 6) is -0.292. The van der Waals surface area contributed by atoms with Crippen LogP contribution in [0.3, 0.4) is 0 Å². The van der Waals surface area contributed by atoms with Crippen LogP contribution in [0.2, 0.25) is 0 Å². The first kappa shape index (κ1) is 17.6. The van der Waals surface area contributed by atoms with Gasteiger partial charge in [0.25, 0.3) is 0 Å². The molecule has 1 atom stereocenters. The van der Waals surface area contributed by atoms with Crippen molar-refractivity contribution < 1.29 is 14.2 Å². The summed E-state index contributed by atoms with van der Waals surface area (Å²) in [5, 5.41) is 17.7. The fraction of sp³-hybridized carbons (Fsp3) is 0.500. The molecule has 5 nitrogen and oxygen atoms in total. The normalized spacial score (nSPS) is 18.0. The van der Waals surface area contributed by atoms with Crippen molar-refractivity contribution >= 4 is 23.0 Å². The molecule has 1 aromatic rings. The molecule has 7 heteroatoms. The third kappa shape index (κ3) is 4.39. The Morgan fingerprint density at radius 2 is 2.30 bits per heavy atom. The van der Waals surface area contributed by atoms with Gasteiger partial charge in [0.1, 0.15) is 11.6 Å². The van der Waals surface area contributed by atoms with Crippen LogP contribution >= 0.6 is 12.2 Å². The highest BCUT2D eigenvalue weighted by Gasteiger charge is 2.30. The van der Waals surface area contributed by atoms with E-state index in [0.717, 1.165) is 6.42 Å². The molecule has 0 bridgehead atoms. The number of ether oxygens (including phenoxy) is 1. The van der Waals surface area contributed by atoms with Crippen LogP contribution < -0.4 is 10.7 Å². The Morgan fingerprint density at radius 3 is 3.04 bits per heavy atom. The Bertz CT molecular complexity index is 607. The molecule has 0 unspecified atom stereocenters. The number of halogens is 1. The van der Waals surface area contributed by atoms with Gasteiger partial charge in [0.05, 0.1) is 5.71 Å². The minimum Gasteiger partial charge on any atom is -0.507 e. The van der Waals surface area contributed by atoms with Gasteiger partial charge < -0.3 is 15.2 Å². The smallest absolute Gasteiger partial charge is 0.186 e. The fourth-order valence-corrected chi connectivity index (χ4v) is 2.79. The van der Waals surface area contributed by atoms with Crippen molar-refractivity contribution in [2.75, 3.05) is 19.8 Å². The summed E-state index contributed by atoms with van der Waals surface area (Å²) in [6.07, 6.45) is 1.40. The lowest BCUT2D eigenvalue weighted by molar-refractivity contribution is 0.145. The van der Waals surface area contributed by atoms with E-state index in [-0.39, 0.29) is 17.5 Å². The van der Waals surface area contributed by atoms with Gasteiger partial charge in [-0.25, -0.2) is 4.39 Å². The molecule has 0 aromatic heterocycles. The third-order valence-electron chi connectivity index (χ3n) is 3.70. The van der Waals surface area contributed by atoms with Crippen LogP contribution in [0.25, 0.3) is 0 Å². The van der Waals surface area contributed by atoms with E-state index in [1.54, 1.807) is 0 Å². The molecule has 0 heterocycles. The topological polar surface area (TPSA) is 65.9 Å². The lowest BCUT2D eigenvalue weighted by Gasteiger charge is -2.08. The van der Waals surface area contributed by atoms with E-state index in [1.807, 2.05) is 13.8 Å². The van der Waals surface area contributed by atoms with E-state index in [2.05, 4.69) is 15.8 Å². The van der Waals surface area contributed by atoms with Gasteiger partial charge in [-0.05, 0) is 50.0 Å². The van der Waals surface area contributed by atoms with Crippen molar-refractivity contribution in [3.05, 3.63) is 29.1 Å². The maximum atomic E-state index is 13.9. The minimum absolute atomic E-state index is 0.0228. The molecule has 0 aliphatic heterocycles. The first-order chi connectivity index (χ1) is 11.0. The van der Waals surface area contributed by atoms with Crippen LogP contribution in [-0.2, 0) is 4.74 Å². The second-order valence-corrected chi connectivity index (χ2v) is 5.85. The largest absolute Gasteiger partial charge is 0.507 e. The number of rotatable bonds is 6. The number of fused-ring (bicyclic) bond motifs is 1. The highest BCUT2D eigenvalue weighted by atomic mass is 32.1. The molecule has 0 amide bonds. The lowest BCUT2D eigenvalue weighted by atomic mass is 10.0. The van der Waals surface area contributed by atoms with Crippen molar-refractivity contribution in [1.29, 1.82) is 0 Å². The Balaban J connectivity index is 1.95. The van der Waals surface area contributed by atoms with E-state index in [0.29, 0.717) is 48.1 Å². The minimum atomic E-state index is -0.313. The first-order valence-corrected chi connectivity index (χ1v) is 8.15. The van der Waals surface area contributed by atoms with Crippen molar-refractivity contribution in [3.63, 3.8) is 0 Å². The molecule has 0 spiro atoms. The van der Waals surface area contributed by atoms with Crippen molar-refractivity contribution in [2.24, 2.45) is 5.10 Å². The highest BCUT2D eigenvalue weighted by molar-refractivity contribution is 7.80. The molecule has 126 valence electrons. The zero-order chi connectivity index (χ0) is 16.8. The number of phenolic OH excluding ortho intramolecular Hbond substituents is 1. The maximum Gasteiger partial charge on any atom is 0.186 e. The molecular weight excluding hydrogens is 317 g/mol. The zero-order valence-electron chi connectivity index (χ0n) is 13.4. The second kappa shape index (κ2) is 8.21. The third-order valence-corrected chi connectivity index (χ3v) is 3.93. The number of thiocarbonyl (C=S) groups is 1. The predicted octanol–water partition coefficient (Wildman–Crippen LogP) is 2.63. The van der Waals surface area contributed by atoms with Crippen molar-refractivity contribution in [1.82, 2.24) is 10.7 Å². The van der Waals surface area contributed by atoms with E-state index in [1.165, 1.54) is 12.1 Å². The van der Waals surface area contributed by atoms with E-state index >= 15 is 0 Å². The van der Waals surface area contributed by atoms with Crippen LogP contribution in [0.4, 0.5) is 4.39 Å². The van der Waals surface area contributed by atoms with Crippen molar-refractivity contribution in [3.8, 4) is 5.75 Å². The van der Waals surface area contributed by atoms with Crippen LogP contribution in [0.5, 0.6) is 5.75 Å². The van der Waals surface area contributed by atoms with Gasteiger partial charge in [-0.1, -0.05) is 6.92 Å². The Hall–Kier alpha value is -1.73. The molecule has 0 radical (unpaired) electrons. The summed E-state index contributed by atoms with van der Waals surface area (Å²) in [5.41, 5.74) is 4.36. The van der Waals surface area contributed by atoms with Gasteiger partial charge >= 0.3 is 0 Å². The standard InChI is InChI=1S/C16H22FN3O2S/c1-3-22-8-4-7-18-16(23)20-19-12-9-10(2)14-11(17)5-6-13(21)15(12)14/h5-6,10,21H,3-4,7-9H2,1-2H3,(H2,18,20,23)/b19-12+/t10-/m1/s1. The molecular formula is C16H22FN3O2S. The number of phenols is 1. The van der Waals surface area contributed by atoms with Gasteiger partial charge in [0.15, 0.2) is 5.11 Å². The molecule has 3 N–H and O–H groups in total. The summed E-state index contributed by atoms with van der Waals surface area (Å²) >= 11 is 5.15. The molecule has 0 fully saturated rings. The van der Waals surface area contributed by atoms with E-state index in [9.17, 15) is 9.50 Å². The van der Waals surface area contributed by atoms with Gasteiger partial charge in [0, 0.05) is 30.9 Å². The molecule has 0 saturated carbocycles. The van der Waals surface area contributed by atoms with E-state index in [4.69, 9.17) is 17.0 Å². The van der Waals surface area contributed by atoms with Gasteiger partial charge in [-0.2, -0.15) is 5.10 Å². The monoisotopic (exact) mass is 339 g/mol.